The fraction of sp³-hybridized carbons (Fsp3) is 0.467. The lowest BCUT2D eigenvalue weighted by atomic mass is 10.1. The van der Waals surface area contributed by atoms with Crippen molar-refractivity contribution in [3.8, 4) is 5.75 Å². The van der Waals surface area contributed by atoms with Crippen molar-refractivity contribution in [1.82, 2.24) is 15.0 Å². The van der Waals surface area contributed by atoms with Crippen molar-refractivity contribution in [2.24, 2.45) is 0 Å². The van der Waals surface area contributed by atoms with Crippen molar-refractivity contribution in [2.45, 2.75) is 32.9 Å². The lowest BCUT2D eigenvalue weighted by Crippen LogP contribution is -2.22. The first-order valence-corrected chi connectivity index (χ1v) is 7.69. The van der Waals surface area contributed by atoms with E-state index in [1.54, 1.807) is 7.11 Å². The van der Waals surface area contributed by atoms with Gasteiger partial charge in [-0.05, 0) is 32.2 Å². The molecule has 1 aromatic heterocycles. The van der Waals surface area contributed by atoms with E-state index < -0.39 is 0 Å². The molecule has 0 saturated carbocycles. The van der Waals surface area contributed by atoms with Crippen LogP contribution in [0.2, 0.25) is 0 Å². The molecular formula is C15H20BrN3O2. The lowest BCUT2D eigenvalue weighted by molar-refractivity contribution is 0.200. The Balaban J connectivity index is 2.13. The highest BCUT2D eigenvalue weighted by atomic mass is 79.9. The van der Waals surface area contributed by atoms with Crippen LogP contribution in [0.1, 0.15) is 37.2 Å². The van der Waals surface area contributed by atoms with Gasteiger partial charge in [0, 0.05) is 23.0 Å². The molecule has 0 fully saturated rings. The SMILES string of the molecule is CCc1noc([C@@H](C)N(C)Cc2cc(Br)ccc2OC)n1. The van der Waals surface area contributed by atoms with Crippen LogP contribution in [0.3, 0.4) is 0 Å². The van der Waals surface area contributed by atoms with Crippen molar-refractivity contribution in [3.05, 3.63) is 40.0 Å². The molecule has 114 valence electrons. The molecule has 5 nitrogen and oxygen atoms in total. The normalized spacial score (nSPS) is 12.7. The van der Waals surface area contributed by atoms with Crippen molar-refractivity contribution in [2.75, 3.05) is 14.2 Å². The molecule has 0 aliphatic heterocycles. The van der Waals surface area contributed by atoms with Crippen LogP contribution in [-0.4, -0.2) is 29.2 Å². The summed E-state index contributed by atoms with van der Waals surface area (Å²) < 4.78 is 11.8. The van der Waals surface area contributed by atoms with Crippen LogP contribution in [0.15, 0.2) is 27.2 Å². The van der Waals surface area contributed by atoms with E-state index in [1.807, 2.05) is 26.1 Å². The summed E-state index contributed by atoms with van der Waals surface area (Å²) in [4.78, 5) is 6.54. The van der Waals surface area contributed by atoms with Crippen LogP contribution in [0, 0.1) is 0 Å². The largest absolute Gasteiger partial charge is 0.496 e. The predicted molar refractivity (Wildman–Crippen MR) is 84.3 cm³/mol. The average Bonchev–Trinajstić information content (AvgIpc) is 2.95. The minimum absolute atomic E-state index is 0.0430. The summed E-state index contributed by atoms with van der Waals surface area (Å²) in [5.41, 5.74) is 1.11. The fourth-order valence-electron chi connectivity index (χ4n) is 2.05. The lowest BCUT2D eigenvalue weighted by Gasteiger charge is -2.22. The van der Waals surface area contributed by atoms with Crippen molar-refractivity contribution >= 4 is 15.9 Å². The molecule has 0 unspecified atom stereocenters. The van der Waals surface area contributed by atoms with E-state index in [0.29, 0.717) is 5.89 Å². The molecule has 0 bridgehead atoms. The van der Waals surface area contributed by atoms with Crippen LogP contribution in [0.5, 0.6) is 5.75 Å². The number of aryl methyl sites for hydroxylation is 1. The van der Waals surface area contributed by atoms with Crippen molar-refractivity contribution in [1.29, 1.82) is 0 Å². The summed E-state index contributed by atoms with van der Waals surface area (Å²) in [7, 11) is 3.71. The molecule has 1 aromatic carbocycles. The molecule has 1 atom stereocenters. The maximum Gasteiger partial charge on any atom is 0.243 e. The van der Waals surface area contributed by atoms with Crippen molar-refractivity contribution in [3.63, 3.8) is 0 Å². The van der Waals surface area contributed by atoms with E-state index in [2.05, 4.69) is 44.0 Å². The highest BCUT2D eigenvalue weighted by molar-refractivity contribution is 9.10. The summed E-state index contributed by atoms with van der Waals surface area (Å²) in [6.45, 7) is 4.79. The molecule has 0 amide bonds. The zero-order valence-corrected chi connectivity index (χ0v) is 14.3. The molecule has 21 heavy (non-hydrogen) atoms. The number of ether oxygens (including phenoxy) is 1. The number of halogens is 1. The van der Waals surface area contributed by atoms with Gasteiger partial charge in [-0.15, -0.1) is 0 Å². The molecule has 0 saturated heterocycles. The number of hydrogen-bond donors (Lipinski definition) is 0. The van der Waals surface area contributed by atoms with Gasteiger partial charge in [-0.25, -0.2) is 0 Å². The topological polar surface area (TPSA) is 51.4 Å². The summed E-state index contributed by atoms with van der Waals surface area (Å²) >= 11 is 3.50. The maximum absolute atomic E-state index is 5.41. The van der Waals surface area contributed by atoms with Gasteiger partial charge in [0.2, 0.25) is 5.89 Å². The summed E-state index contributed by atoms with van der Waals surface area (Å²) in [5, 5.41) is 3.95. The molecule has 2 aromatic rings. The Bertz CT molecular complexity index is 600. The Labute approximate surface area is 133 Å². The third kappa shape index (κ3) is 3.83. The number of aromatic nitrogens is 2. The van der Waals surface area contributed by atoms with Gasteiger partial charge in [0.25, 0.3) is 0 Å². The van der Waals surface area contributed by atoms with Gasteiger partial charge in [0.1, 0.15) is 5.75 Å². The third-order valence-electron chi connectivity index (χ3n) is 3.48. The van der Waals surface area contributed by atoms with Gasteiger partial charge in [-0.1, -0.05) is 28.0 Å². The second-order valence-corrected chi connectivity index (χ2v) is 5.87. The first-order chi connectivity index (χ1) is 10.0. The van der Waals surface area contributed by atoms with Gasteiger partial charge in [-0.3, -0.25) is 4.90 Å². The van der Waals surface area contributed by atoms with Crippen LogP contribution in [0.4, 0.5) is 0 Å². The molecule has 6 heteroatoms. The van der Waals surface area contributed by atoms with E-state index in [1.165, 1.54) is 0 Å². The number of benzene rings is 1. The van der Waals surface area contributed by atoms with E-state index in [4.69, 9.17) is 9.26 Å². The molecule has 1 heterocycles. The molecule has 0 N–H and O–H groups in total. The Hall–Kier alpha value is -1.40. The van der Waals surface area contributed by atoms with Gasteiger partial charge in [-0.2, -0.15) is 4.98 Å². The molecule has 2 rings (SSSR count). The number of methoxy groups -OCH3 is 1. The van der Waals surface area contributed by atoms with Crippen LogP contribution in [-0.2, 0) is 13.0 Å². The number of nitrogens with zero attached hydrogens (tertiary/aromatic N) is 3. The predicted octanol–water partition coefficient (Wildman–Crippen LogP) is 3.60. The molecule has 0 radical (unpaired) electrons. The minimum Gasteiger partial charge on any atom is -0.496 e. The van der Waals surface area contributed by atoms with E-state index in [-0.39, 0.29) is 6.04 Å². The molecule has 0 aliphatic carbocycles. The molecule has 0 spiro atoms. The van der Waals surface area contributed by atoms with Crippen LogP contribution >= 0.6 is 15.9 Å². The van der Waals surface area contributed by atoms with Crippen LogP contribution < -0.4 is 4.74 Å². The quantitative estimate of drug-likeness (QED) is 0.793. The number of rotatable bonds is 6. The van der Waals surface area contributed by atoms with Crippen molar-refractivity contribution < 1.29 is 9.26 Å². The Morgan fingerprint density at radius 3 is 2.81 bits per heavy atom. The first kappa shape index (κ1) is 16.0. The van der Waals surface area contributed by atoms with E-state index >= 15 is 0 Å². The zero-order valence-electron chi connectivity index (χ0n) is 12.8. The Morgan fingerprint density at radius 1 is 1.43 bits per heavy atom. The van der Waals surface area contributed by atoms with Gasteiger partial charge in [0.05, 0.1) is 13.2 Å². The number of hydrogen-bond acceptors (Lipinski definition) is 5. The fourth-order valence-corrected chi connectivity index (χ4v) is 2.45. The summed E-state index contributed by atoms with van der Waals surface area (Å²) in [5.74, 6) is 2.26. The minimum atomic E-state index is 0.0430. The monoisotopic (exact) mass is 353 g/mol. The standard InChI is InChI=1S/C15H20BrN3O2/c1-5-14-17-15(21-18-14)10(2)19(3)9-11-8-12(16)6-7-13(11)20-4/h6-8,10H,5,9H2,1-4H3/t10-/m1/s1. The summed E-state index contributed by atoms with van der Waals surface area (Å²) in [6.07, 6.45) is 0.777. The first-order valence-electron chi connectivity index (χ1n) is 6.90. The van der Waals surface area contributed by atoms with Gasteiger partial charge < -0.3 is 9.26 Å². The Morgan fingerprint density at radius 2 is 2.19 bits per heavy atom. The van der Waals surface area contributed by atoms with Gasteiger partial charge >= 0.3 is 0 Å². The van der Waals surface area contributed by atoms with E-state index in [0.717, 1.165) is 34.6 Å². The smallest absolute Gasteiger partial charge is 0.243 e. The highest BCUT2D eigenvalue weighted by Gasteiger charge is 2.19. The second kappa shape index (κ2) is 7.04. The maximum atomic E-state index is 5.41. The second-order valence-electron chi connectivity index (χ2n) is 4.95. The molecular weight excluding hydrogens is 334 g/mol. The molecule has 0 aliphatic rings. The zero-order chi connectivity index (χ0) is 15.4. The van der Waals surface area contributed by atoms with Gasteiger partial charge in [0.15, 0.2) is 5.82 Å². The Kier molecular flexibility index (Phi) is 5.36. The third-order valence-corrected chi connectivity index (χ3v) is 3.97. The highest BCUT2D eigenvalue weighted by Crippen LogP contribution is 2.27. The average molecular weight is 354 g/mol. The van der Waals surface area contributed by atoms with Crippen LogP contribution in [0.25, 0.3) is 0 Å². The summed E-state index contributed by atoms with van der Waals surface area (Å²) in [6, 6.07) is 6.03. The van der Waals surface area contributed by atoms with E-state index in [9.17, 15) is 0 Å².